The second kappa shape index (κ2) is 6.35. The lowest BCUT2D eigenvalue weighted by Gasteiger charge is -2.12. The van der Waals surface area contributed by atoms with E-state index >= 15 is 0 Å². The van der Waals surface area contributed by atoms with Crippen molar-refractivity contribution in [1.29, 1.82) is 5.26 Å². The maximum absolute atomic E-state index is 9.13. The summed E-state index contributed by atoms with van der Waals surface area (Å²) in [6.07, 6.45) is 1.85. The molecule has 0 spiro atoms. The molecule has 0 bridgehead atoms. The zero-order valence-electron chi connectivity index (χ0n) is 11.6. The topological polar surface area (TPSA) is 53.6 Å². The molecule has 2 rings (SSSR count). The van der Waals surface area contributed by atoms with Gasteiger partial charge in [0.25, 0.3) is 0 Å². The van der Waals surface area contributed by atoms with E-state index in [1.807, 2.05) is 25.1 Å². The molecule has 1 aromatic carbocycles. The molecule has 0 fully saturated rings. The Hall–Kier alpha value is -1.86. The predicted molar refractivity (Wildman–Crippen MR) is 76.8 cm³/mol. The van der Waals surface area contributed by atoms with Crippen LogP contribution in [0, 0.1) is 18.3 Å². The average Bonchev–Trinajstić information content (AvgIpc) is 2.75. The lowest BCUT2D eigenvalue weighted by atomic mass is 10.2. The van der Waals surface area contributed by atoms with Gasteiger partial charge in [0.2, 0.25) is 0 Å². The average molecular weight is 256 g/mol. The maximum Gasteiger partial charge on any atom is 0.106 e. The number of rotatable bonds is 6. The van der Waals surface area contributed by atoms with Crippen LogP contribution in [0.3, 0.4) is 0 Å². The fourth-order valence-electron chi connectivity index (χ4n) is 2.27. The lowest BCUT2D eigenvalue weighted by molar-refractivity contribution is 0.517. The van der Waals surface area contributed by atoms with E-state index in [-0.39, 0.29) is 6.04 Å². The highest BCUT2D eigenvalue weighted by molar-refractivity contribution is 5.75. The van der Waals surface area contributed by atoms with Crippen molar-refractivity contribution in [2.45, 2.75) is 39.3 Å². The molecule has 1 aromatic heterocycles. The molecule has 2 aromatic rings. The van der Waals surface area contributed by atoms with Gasteiger partial charge in [0.05, 0.1) is 23.1 Å². The largest absolute Gasteiger partial charge is 0.328 e. The van der Waals surface area contributed by atoms with Gasteiger partial charge in [-0.15, -0.1) is 0 Å². The van der Waals surface area contributed by atoms with Crippen LogP contribution in [-0.2, 0) is 6.54 Å². The van der Waals surface area contributed by atoms with Gasteiger partial charge in [-0.1, -0.05) is 19.1 Å². The Labute approximate surface area is 114 Å². The number of nitriles is 1. The van der Waals surface area contributed by atoms with E-state index in [1.165, 1.54) is 0 Å². The highest BCUT2D eigenvalue weighted by Crippen LogP contribution is 2.16. The van der Waals surface area contributed by atoms with Crippen molar-refractivity contribution >= 4 is 11.0 Å². The van der Waals surface area contributed by atoms with Crippen LogP contribution >= 0.6 is 0 Å². The SMILES string of the molecule is CCCNC(C#N)CCn1c(C)nc2ccccc21. The molecule has 0 saturated heterocycles. The summed E-state index contributed by atoms with van der Waals surface area (Å²) in [5.74, 6) is 1.01. The van der Waals surface area contributed by atoms with Gasteiger partial charge in [-0.2, -0.15) is 5.26 Å². The Morgan fingerprint density at radius 2 is 2.21 bits per heavy atom. The Bertz CT molecular complexity index is 579. The minimum atomic E-state index is -0.0829. The number of aryl methyl sites for hydroxylation is 2. The standard InChI is InChI=1S/C15H20N4/c1-3-9-17-13(11-16)8-10-19-12(2)18-14-6-4-5-7-15(14)19/h4-7,13,17H,3,8-10H2,1-2H3. The molecule has 1 unspecified atom stereocenters. The molecule has 100 valence electrons. The van der Waals surface area contributed by atoms with Gasteiger partial charge in [-0.3, -0.25) is 0 Å². The molecule has 0 radical (unpaired) electrons. The summed E-state index contributed by atoms with van der Waals surface area (Å²) < 4.78 is 2.19. The van der Waals surface area contributed by atoms with E-state index < -0.39 is 0 Å². The quantitative estimate of drug-likeness (QED) is 0.864. The number of nitrogens with one attached hydrogen (secondary N) is 1. The lowest BCUT2D eigenvalue weighted by Crippen LogP contribution is -2.29. The van der Waals surface area contributed by atoms with Crippen LogP contribution in [0.4, 0.5) is 0 Å². The zero-order valence-corrected chi connectivity index (χ0v) is 11.6. The highest BCUT2D eigenvalue weighted by Gasteiger charge is 2.10. The molecular formula is C15H20N4. The molecule has 0 saturated carbocycles. The summed E-state index contributed by atoms with van der Waals surface area (Å²) in [7, 11) is 0. The fraction of sp³-hybridized carbons (Fsp3) is 0.467. The van der Waals surface area contributed by atoms with Crippen LogP contribution in [0.2, 0.25) is 0 Å². The van der Waals surface area contributed by atoms with Crippen LogP contribution in [0.1, 0.15) is 25.6 Å². The molecule has 0 amide bonds. The third kappa shape index (κ3) is 3.12. The van der Waals surface area contributed by atoms with Gasteiger partial charge in [-0.05, 0) is 38.4 Å². The molecule has 1 atom stereocenters. The summed E-state index contributed by atoms with van der Waals surface area (Å²) in [6.45, 7) is 5.83. The van der Waals surface area contributed by atoms with Crippen LogP contribution in [0.25, 0.3) is 11.0 Å². The van der Waals surface area contributed by atoms with Crippen molar-refractivity contribution in [2.24, 2.45) is 0 Å². The zero-order chi connectivity index (χ0) is 13.7. The third-order valence-electron chi connectivity index (χ3n) is 3.28. The normalized spacial score (nSPS) is 12.5. The molecule has 1 heterocycles. The van der Waals surface area contributed by atoms with Crippen LogP contribution < -0.4 is 5.32 Å². The van der Waals surface area contributed by atoms with Crippen LogP contribution in [0.5, 0.6) is 0 Å². The molecule has 19 heavy (non-hydrogen) atoms. The summed E-state index contributed by atoms with van der Waals surface area (Å²) in [5, 5.41) is 12.4. The van der Waals surface area contributed by atoms with E-state index in [2.05, 4.69) is 33.9 Å². The number of hydrogen-bond acceptors (Lipinski definition) is 3. The first-order valence-electron chi connectivity index (χ1n) is 6.81. The third-order valence-corrected chi connectivity index (χ3v) is 3.28. The van der Waals surface area contributed by atoms with E-state index in [0.717, 1.165) is 42.8 Å². The number of nitrogens with zero attached hydrogens (tertiary/aromatic N) is 3. The van der Waals surface area contributed by atoms with Crippen LogP contribution in [-0.4, -0.2) is 22.1 Å². The minimum absolute atomic E-state index is 0.0829. The number of hydrogen-bond donors (Lipinski definition) is 1. The summed E-state index contributed by atoms with van der Waals surface area (Å²) in [5.41, 5.74) is 2.17. The second-order valence-electron chi connectivity index (χ2n) is 4.72. The molecule has 4 nitrogen and oxygen atoms in total. The fourth-order valence-corrected chi connectivity index (χ4v) is 2.27. The van der Waals surface area contributed by atoms with Gasteiger partial charge in [0, 0.05) is 6.54 Å². The van der Waals surface area contributed by atoms with Gasteiger partial charge in [0.1, 0.15) is 5.82 Å². The predicted octanol–water partition coefficient (Wildman–Crippen LogP) is 2.63. The Kier molecular flexibility index (Phi) is 4.53. The van der Waals surface area contributed by atoms with E-state index in [9.17, 15) is 0 Å². The van der Waals surface area contributed by atoms with Crippen molar-refractivity contribution in [3.63, 3.8) is 0 Å². The Balaban J connectivity index is 2.09. The number of fused-ring (bicyclic) bond motifs is 1. The molecule has 0 aliphatic rings. The first kappa shape index (κ1) is 13.6. The Morgan fingerprint density at radius 1 is 1.42 bits per heavy atom. The van der Waals surface area contributed by atoms with E-state index in [4.69, 9.17) is 5.26 Å². The number of benzene rings is 1. The monoisotopic (exact) mass is 256 g/mol. The smallest absolute Gasteiger partial charge is 0.106 e. The second-order valence-corrected chi connectivity index (χ2v) is 4.72. The molecular weight excluding hydrogens is 236 g/mol. The number of aromatic nitrogens is 2. The van der Waals surface area contributed by atoms with Crippen molar-refractivity contribution in [2.75, 3.05) is 6.54 Å². The van der Waals surface area contributed by atoms with Crippen molar-refractivity contribution in [1.82, 2.24) is 14.9 Å². The highest BCUT2D eigenvalue weighted by atomic mass is 15.1. The maximum atomic E-state index is 9.13. The summed E-state index contributed by atoms with van der Waals surface area (Å²) >= 11 is 0. The summed E-state index contributed by atoms with van der Waals surface area (Å²) in [6, 6.07) is 10.4. The van der Waals surface area contributed by atoms with Crippen molar-refractivity contribution in [3.05, 3.63) is 30.1 Å². The first-order valence-corrected chi connectivity index (χ1v) is 6.81. The number of imidazole rings is 1. The molecule has 4 heteroatoms. The molecule has 1 N–H and O–H groups in total. The van der Waals surface area contributed by atoms with Gasteiger partial charge in [-0.25, -0.2) is 4.98 Å². The Morgan fingerprint density at radius 3 is 2.95 bits per heavy atom. The number of para-hydroxylation sites is 2. The van der Waals surface area contributed by atoms with Crippen LogP contribution in [0.15, 0.2) is 24.3 Å². The molecule has 0 aliphatic carbocycles. The van der Waals surface area contributed by atoms with Gasteiger partial charge >= 0.3 is 0 Å². The van der Waals surface area contributed by atoms with E-state index in [1.54, 1.807) is 0 Å². The minimum Gasteiger partial charge on any atom is -0.328 e. The first-order chi connectivity index (χ1) is 9.26. The van der Waals surface area contributed by atoms with Crippen molar-refractivity contribution < 1.29 is 0 Å². The summed E-state index contributed by atoms with van der Waals surface area (Å²) in [4.78, 5) is 4.54. The van der Waals surface area contributed by atoms with Gasteiger partial charge < -0.3 is 9.88 Å². The van der Waals surface area contributed by atoms with E-state index in [0.29, 0.717) is 0 Å². The van der Waals surface area contributed by atoms with Gasteiger partial charge in [0.15, 0.2) is 0 Å². The van der Waals surface area contributed by atoms with Crippen molar-refractivity contribution in [3.8, 4) is 6.07 Å². The molecule has 0 aliphatic heterocycles.